The summed E-state index contributed by atoms with van der Waals surface area (Å²) in [5, 5.41) is 8.88. The molecule has 0 atom stereocenters. The molecule has 19 heavy (non-hydrogen) atoms. The van der Waals surface area contributed by atoms with Crippen LogP contribution in [-0.4, -0.2) is 30.1 Å². The van der Waals surface area contributed by atoms with Gasteiger partial charge in [0, 0.05) is 17.5 Å². The van der Waals surface area contributed by atoms with E-state index >= 15 is 0 Å². The third-order valence-corrected chi connectivity index (χ3v) is 2.97. The minimum absolute atomic E-state index is 0.0325. The summed E-state index contributed by atoms with van der Waals surface area (Å²) in [7, 11) is 0. The molecule has 0 amide bonds. The van der Waals surface area contributed by atoms with Crippen molar-refractivity contribution < 1.29 is 24.2 Å². The summed E-state index contributed by atoms with van der Waals surface area (Å²) in [5.74, 6) is -1.34. The summed E-state index contributed by atoms with van der Waals surface area (Å²) >= 11 is 0. The van der Waals surface area contributed by atoms with E-state index in [2.05, 4.69) is 0 Å². The maximum Gasteiger partial charge on any atom is 0.377 e. The molecule has 1 aromatic rings. The fraction of sp³-hybridized carbons (Fsp3) is 0.429. The number of carboxylic acids is 1. The van der Waals surface area contributed by atoms with Gasteiger partial charge in [0.25, 0.3) is 5.78 Å². The number of carboxylic acid groups (broad SMARTS) is 1. The molecule has 1 N–H and O–H groups in total. The van der Waals surface area contributed by atoms with Crippen molar-refractivity contribution in [1.29, 1.82) is 0 Å². The van der Waals surface area contributed by atoms with E-state index in [0.717, 1.165) is 6.42 Å². The number of carbonyl (C=O) groups excluding carboxylic acids is 1. The van der Waals surface area contributed by atoms with Crippen molar-refractivity contribution in [3.05, 3.63) is 23.3 Å². The number of hydrogen-bond donors (Lipinski definition) is 1. The Balaban J connectivity index is 2.60. The quantitative estimate of drug-likeness (QED) is 0.669. The molecule has 2 rings (SSSR count). The lowest BCUT2D eigenvalue weighted by Crippen LogP contribution is -2.16. The van der Waals surface area contributed by atoms with Crippen LogP contribution in [-0.2, 0) is 4.79 Å². The van der Waals surface area contributed by atoms with Gasteiger partial charge in [-0.3, -0.25) is 4.79 Å². The molecule has 102 valence electrons. The van der Waals surface area contributed by atoms with Gasteiger partial charge in [0.2, 0.25) is 0 Å². The number of carbonyl (C=O) groups is 2. The van der Waals surface area contributed by atoms with Crippen molar-refractivity contribution in [2.75, 3.05) is 13.2 Å². The molecule has 0 spiro atoms. The third kappa shape index (κ3) is 2.54. The summed E-state index contributed by atoms with van der Waals surface area (Å²) in [5.41, 5.74) is 0.776. The molecule has 0 saturated heterocycles. The highest BCUT2D eigenvalue weighted by atomic mass is 16.5. The normalized spacial score (nSPS) is 14.1. The Kier molecular flexibility index (Phi) is 3.74. The van der Waals surface area contributed by atoms with Gasteiger partial charge in [-0.25, -0.2) is 4.79 Å². The van der Waals surface area contributed by atoms with Crippen LogP contribution < -0.4 is 9.47 Å². The van der Waals surface area contributed by atoms with E-state index < -0.39 is 11.8 Å². The Labute approximate surface area is 111 Å². The molecule has 0 aliphatic carbocycles. The average molecular weight is 264 g/mol. The van der Waals surface area contributed by atoms with Crippen LogP contribution in [0.3, 0.4) is 0 Å². The predicted molar refractivity (Wildman–Crippen MR) is 68.1 cm³/mol. The summed E-state index contributed by atoms with van der Waals surface area (Å²) in [6.07, 6.45) is 0.758. The highest BCUT2D eigenvalue weighted by Crippen LogP contribution is 2.39. The lowest BCUT2D eigenvalue weighted by Gasteiger charge is -2.18. The number of hydrogen-bond acceptors (Lipinski definition) is 4. The van der Waals surface area contributed by atoms with Crippen molar-refractivity contribution in [2.45, 2.75) is 26.2 Å². The van der Waals surface area contributed by atoms with Gasteiger partial charge in [-0.1, -0.05) is 13.8 Å². The molecule has 1 aliphatic heterocycles. The number of benzene rings is 1. The predicted octanol–water partition coefficient (Wildman–Crippen LogP) is 2.24. The first-order chi connectivity index (χ1) is 9.02. The number of fused-ring (bicyclic) bond motifs is 1. The van der Waals surface area contributed by atoms with Crippen LogP contribution in [0.25, 0.3) is 0 Å². The van der Waals surface area contributed by atoms with E-state index in [9.17, 15) is 9.59 Å². The van der Waals surface area contributed by atoms with Crippen molar-refractivity contribution in [2.24, 2.45) is 0 Å². The van der Waals surface area contributed by atoms with Crippen LogP contribution in [0.5, 0.6) is 11.5 Å². The van der Waals surface area contributed by atoms with Crippen LogP contribution >= 0.6 is 0 Å². The highest BCUT2D eigenvalue weighted by Gasteiger charge is 2.26. The minimum Gasteiger partial charge on any atom is -0.490 e. The number of aliphatic carboxylic acids is 1. The second kappa shape index (κ2) is 5.30. The zero-order valence-electron chi connectivity index (χ0n) is 10.9. The van der Waals surface area contributed by atoms with Crippen LogP contribution in [0.15, 0.2) is 12.1 Å². The average Bonchev–Trinajstić information content (AvgIpc) is 2.61. The maximum absolute atomic E-state index is 11.7. The van der Waals surface area contributed by atoms with Gasteiger partial charge in [0.1, 0.15) is 0 Å². The van der Waals surface area contributed by atoms with Gasteiger partial charge < -0.3 is 14.6 Å². The van der Waals surface area contributed by atoms with Gasteiger partial charge in [-0.2, -0.15) is 0 Å². The summed E-state index contributed by atoms with van der Waals surface area (Å²) in [6, 6.07) is 3.10. The third-order valence-electron chi connectivity index (χ3n) is 2.97. The second-order valence-electron chi connectivity index (χ2n) is 4.69. The van der Waals surface area contributed by atoms with Gasteiger partial charge in [-0.15, -0.1) is 0 Å². The first kappa shape index (κ1) is 13.4. The lowest BCUT2D eigenvalue weighted by molar-refractivity contribution is -0.131. The minimum atomic E-state index is -1.46. The largest absolute Gasteiger partial charge is 0.490 e. The monoisotopic (exact) mass is 264 g/mol. The van der Waals surface area contributed by atoms with Gasteiger partial charge in [-0.05, 0) is 18.1 Å². The Morgan fingerprint density at radius 3 is 2.53 bits per heavy atom. The lowest BCUT2D eigenvalue weighted by atomic mass is 9.93. The maximum atomic E-state index is 11.7. The molecule has 1 heterocycles. The molecule has 0 aromatic heterocycles. The first-order valence-corrected chi connectivity index (χ1v) is 6.22. The Bertz CT molecular complexity index is 519. The van der Waals surface area contributed by atoms with Gasteiger partial charge in [0.15, 0.2) is 11.5 Å². The number of ether oxygens (including phenoxy) is 2. The molecule has 0 radical (unpaired) electrons. The second-order valence-corrected chi connectivity index (χ2v) is 4.69. The van der Waals surface area contributed by atoms with E-state index in [1.165, 1.54) is 6.07 Å². The molecule has 1 aliphatic rings. The molecular formula is C14H16O5. The van der Waals surface area contributed by atoms with Gasteiger partial charge >= 0.3 is 5.97 Å². The Morgan fingerprint density at radius 2 is 1.89 bits per heavy atom. The zero-order valence-corrected chi connectivity index (χ0v) is 10.9. The van der Waals surface area contributed by atoms with Crippen molar-refractivity contribution in [3.63, 3.8) is 0 Å². The van der Waals surface area contributed by atoms with Crippen LogP contribution in [0.4, 0.5) is 0 Å². The number of ketones is 1. The van der Waals surface area contributed by atoms with Crippen molar-refractivity contribution in [3.8, 4) is 11.5 Å². The van der Waals surface area contributed by atoms with Crippen molar-refractivity contribution in [1.82, 2.24) is 0 Å². The molecular weight excluding hydrogens is 248 g/mol. The topological polar surface area (TPSA) is 72.8 Å². The van der Waals surface area contributed by atoms with E-state index in [1.807, 2.05) is 13.8 Å². The molecule has 0 saturated carbocycles. The molecule has 5 nitrogen and oxygen atoms in total. The summed E-state index contributed by atoms with van der Waals surface area (Å²) in [6.45, 7) is 4.83. The van der Waals surface area contributed by atoms with Crippen LogP contribution in [0, 0.1) is 0 Å². The standard InChI is InChI=1S/C14H16O5/c1-8(2)11-9(12(15)14(16)17)4-5-10-13(11)19-7-3-6-18-10/h4-5,8H,3,6-7H2,1-2H3,(H,16,17). The SMILES string of the molecule is CC(C)c1c(C(=O)C(=O)O)ccc2c1OCCCO2. The highest BCUT2D eigenvalue weighted by molar-refractivity contribution is 6.40. The van der Waals surface area contributed by atoms with Crippen LogP contribution in [0.1, 0.15) is 42.1 Å². The van der Waals surface area contributed by atoms with Crippen molar-refractivity contribution >= 4 is 11.8 Å². The Morgan fingerprint density at radius 1 is 1.21 bits per heavy atom. The molecule has 1 aromatic carbocycles. The summed E-state index contributed by atoms with van der Waals surface area (Å²) < 4.78 is 11.2. The van der Waals surface area contributed by atoms with E-state index in [1.54, 1.807) is 6.07 Å². The first-order valence-electron chi connectivity index (χ1n) is 6.22. The van der Waals surface area contributed by atoms with E-state index in [4.69, 9.17) is 14.6 Å². The molecule has 0 fully saturated rings. The Hall–Kier alpha value is -2.04. The smallest absolute Gasteiger partial charge is 0.377 e. The number of rotatable bonds is 3. The summed E-state index contributed by atoms with van der Waals surface area (Å²) in [4.78, 5) is 22.6. The van der Waals surface area contributed by atoms with E-state index in [-0.39, 0.29) is 11.5 Å². The van der Waals surface area contributed by atoms with Gasteiger partial charge in [0.05, 0.1) is 13.2 Å². The van der Waals surface area contributed by atoms with E-state index in [0.29, 0.717) is 30.3 Å². The molecule has 0 unspecified atom stereocenters. The fourth-order valence-corrected chi connectivity index (χ4v) is 2.14. The number of Topliss-reactive ketones (excluding diaryl/α,β-unsaturated/α-hetero) is 1. The molecule has 5 heteroatoms. The molecule has 0 bridgehead atoms. The fourth-order valence-electron chi connectivity index (χ4n) is 2.14. The zero-order chi connectivity index (χ0) is 14.0. The van der Waals surface area contributed by atoms with Crippen LogP contribution in [0.2, 0.25) is 0 Å².